The average Bonchev–Trinajstić information content (AvgIpc) is 2.92. The molecule has 1 heterocycles. The summed E-state index contributed by atoms with van der Waals surface area (Å²) in [7, 11) is 0. The van der Waals surface area contributed by atoms with Crippen molar-refractivity contribution in [2.75, 3.05) is 6.61 Å². The Labute approximate surface area is 123 Å². The molecule has 2 rings (SSSR count). The van der Waals surface area contributed by atoms with Crippen LogP contribution in [0.1, 0.15) is 29.4 Å². The Balaban J connectivity index is 2.63. The van der Waals surface area contributed by atoms with Crippen molar-refractivity contribution in [1.82, 2.24) is 9.78 Å². The van der Waals surface area contributed by atoms with Gasteiger partial charge >= 0.3 is 5.97 Å². The Morgan fingerprint density at radius 3 is 2.73 bits per heavy atom. The van der Waals surface area contributed by atoms with E-state index in [1.165, 1.54) is 25.1 Å². The third kappa shape index (κ3) is 2.78. The number of aromatic nitrogens is 2. The molecule has 0 N–H and O–H groups in total. The molecule has 0 aliphatic carbocycles. The normalized spacial score (nSPS) is 10.7. The zero-order valence-corrected chi connectivity index (χ0v) is 11.4. The highest BCUT2D eigenvalue weighted by Gasteiger charge is 2.28. The van der Waals surface area contributed by atoms with Gasteiger partial charge in [0, 0.05) is 6.07 Å². The van der Waals surface area contributed by atoms with E-state index in [9.17, 15) is 23.7 Å². The molecule has 0 saturated heterocycles. The second-order valence-corrected chi connectivity index (χ2v) is 4.12. The molecule has 0 aliphatic rings. The minimum atomic E-state index is -3.05. The minimum absolute atomic E-state index is 0.0121. The number of para-hydroxylation sites is 2. The molecule has 0 atom stereocenters. The molecule has 0 radical (unpaired) electrons. The maximum Gasteiger partial charge on any atom is 0.341 e. The van der Waals surface area contributed by atoms with Gasteiger partial charge in [0.05, 0.1) is 17.7 Å². The van der Waals surface area contributed by atoms with Crippen molar-refractivity contribution < 1.29 is 23.2 Å². The van der Waals surface area contributed by atoms with Crippen molar-refractivity contribution in [2.45, 2.75) is 13.3 Å². The van der Waals surface area contributed by atoms with Crippen LogP contribution in [-0.2, 0) is 4.74 Å². The second-order valence-electron chi connectivity index (χ2n) is 4.12. The molecule has 0 bridgehead atoms. The van der Waals surface area contributed by atoms with E-state index in [0.29, 0.717) is 4.68 Å². The summed E-state index contributed by atoms with van der Waals surface area (Å²) >= 11 is 0. The monoisotopic (exact) mass is 311 g/mol. The van der Waals surface area contributed by atoms with Gasteiger partial charge in [-0.2, -0.15) is 5.10 Å². The van der Waals surface area contributed by atoms with Crippen LogP contribution in [0.15, 0.2) is 30.5 Å². The van der Waals surface area contributed by atoms with Crippen molar-refractivity contribution in [2.24, 2.45) is 0 Å². The van der Waals surface area contributed by atoms with Gasteiger partial charge in [-0.25, -0.2) is 18.3 Å². The molecule has 7 nitrogen and oxygen atoms in total. The number of nitro benzene ring substituents is 1. The number of carbonyl (C=O) groups is 1. The van der Waals surface area contributed by atoms with Gasteiger partial charge in [0.2, 0.25) is 0 Å². The van der Waals surface area contributed by atoms with Gasteiger partial charge < -0.3 is 4.74 Å². The fourth-order valence-corrected chi connectivity index (χ4v) is 1.92. The third-order valence-electron chi connectivity index (χ3n) is 2.82. The zero-order valence-electron chi connectivity index (χ0n) is 11.4. The van der Waals surface area contributed by atoms with Crippen LogP contribution in [0.2, 0.25) is 0 Å². The average molecular weight is 311 g/mol. The number of nitrogens with zero attached hydrogens (tertiary/aromatic N) is 3. The Bertz CT molecular complexity index is 715. The second kappa shape index (κ2) is 6.29. The first kappa shape index (κ1) is 15.5. The van der Waals surface area contributed by atoms with Crippen molar-refractivity contribution in [1.29, 1.82) is 0 Å². The molecule has 0 amide bonds. The van der Waals surface area contributed by atoms with Gasteiger partial charge in [0.15, 0.2) is 0 Å². The number of alkyl halides is 2. The predicted octanol–water partition coefficient (Wildman–Crippen LogP) is 2.89. The van der Waals surface area contributed by atoms with E-state index in [2.05, 4.69) is 9.84 Å². The summed E-state index contributed by atoms with van der Waals surface area (Å²) in [5, 5.41) is 14.7. The largest absolute Gasteiger partial charge is 0.462 e. The summed E-state index contributed by atoms with van der Waals surface area (Å²) in [5.41, 5.74) is -1.72. The van der Waals surface area contributed by atoms with Gasteiger partial charge in [-0.05, 0) is 13.0 Å². The number of ether oxygens (including phenoxy) is 1. The van der Waals surface area contributed by atoms with E-state index >= 15 is 0 Å². The number of esters is 1. The van der Waals surface area contributed by atoms with Gasteiger partial charge in [-0.3, -0.25) is 10.1 Å². The molecule has 0 fully saturated rings. The number of nitro groups is 1. The van der Waals surface area contributed by atoms with E-state index in [0.717, 1.165) is 12.3 Å². The summed E-state index contributed by atoms with van der Waals surface area (Å²) in [4.78, 5) is 22.0. The summed E-state index contributed by atoms with van der Waals surface area (Å²) < 4.78 is 32.0. The highest BCUT2D eigenvalue weighted by Crippen LogP contribution is 2.30. The van der Waals surface area contributed by atoms with Gasteiger partial charge in [0.25, 0.3) is 12.1 Å². The molecule has 9 heteroatoms. The standard InChI is InChI=1S/C13H11F2N3O4/c1-2-22-13(19)8-7-16-17(11(8)12(14)15)9-5-3-4-6-10(9)18(20)21/h3-7,12H,2H2,1H3. The molecular weight excluding hydrogens is 300 g/mol. The maximum atomic E-state index is 13.3. The van der Waals surface area contributed by atoms with Gasteiger partial charge in [-0.15, -0.1) is 0 Å². The lowest BCUT2D eigenvalue weighted by Crippen LogP contribution is -2.11. The van der Waals surface area contributed by atoms with Gasteiger partial charge in [0.1, 0.15) is 16.9 Å². The topological polar surface area (TPSA) is 87.3 Å². The molecule has 116 valence electrons. The van der Waals surface area contributed by atoms with Crippen molar-refractivity contribution in [3.8, 4) is 5.69 Å². The van der Waals surface area contributed by atoms with E-state index < -0.39 is 34.3 Å². The first-order valence-electron chi connectivity index (χ1n) is 6.24. The number of hydrogen-bond donors (Lipinski definition) is 0. The number of halogens is 2. The smallest absolute Gasteiger partial charge is 0.341 e. The summed E-state index contributed by atoms with van der Waals surface area (Å²) in [6.45, 7) is 1.55. The van der Waals surface area contributed by atoms with E-state index in [-0.39, 0.29) is 12.3 Å². The van der Waals surface area contributed by atoms with Crippen molar-refractivity contribution in [3.05, 3.63) is 51.8 Å². The first-order chi connectivity index (χ1) is 10.5. The molecule has 22 heavy (non-hydrogen) atoms. The summed E-state index contributed by atoms with van der Waals surface area (Å²) in [6, 6.07) is 5.28. The third-order valence-corrected chi connectivity index (χ3v) is 2.82. The Hall–Kier alpha value is -2.84. The fraction of sp³-hybridized carbons (Fsp3) is 0.231. The lowest BCUT2D eigenvalue weighted by Gasteiger charge is -2.09. The lowest BCUT2D eigenvalue weighted by molar-refractivity contribution is -0.384. The highest BCUT2D eigenvalue weighted by molar-refractivity contribution is 5.90. The molecule has 1 aromatic heterocycles. The SMILES string of the molecule is CCOC(=O)c1cnn(-c2ccccc2[N+](=O)[O-])c1C(F)F. The number of rotatable bonds is 5. The summed E-state index contributed by atoms with van der Waals surface area (Å²) in [5.74, 6) is -0.956. The Kier molecular flexibility index (Phi) is 4.44. The van der Waals surface area contributed by atoms with E-state index in [1.807, 2.05) is 0 Å². The lowest BCUT2D eigenvalue weighted by atomic mass is 10.2. The van der Waals surface area contributed by atoms with Crippen LogP contribution in [-0.4, -0.2) is 27.3 Å². The number of benzene rings is 1. The minimum Gasteiger partial charge on any atom is -0.462 e. The maximum absolute atomic E-state index is 13.3. The molecule has 2 aromatic rings. The van der Waals surface area contributed by atoms with E-state index in [4.69, 9.17) is 0 Å². The van der Waals surface area contributed by atoms with Crippen LogP contribution in [0.4, 0.5) is 14.5 Å². The zero-order chi connectivity index (χ0) is 16.3. The predicted molar refractivity (Wildman–Crippen MR) is 71.1 cm³/mol. The van der Waals surface area contributed by atoms with Crippen molar-refractivity contribution >= 4 is 11.7 Å². The van der Waals surface area contributed by atoms with Crippen LogP contribution in [0.3, 0.4) is 0 Å². The molecule has 0 spiro atoms. The van der Waals surface area contributed by atoms with Gasteiger partial charge in [-0.1, -0.05) is 12.1 Å². The molecule has 0 aliphatic heterocycles. The summed E-state index contributed by atoms with van der Waals surface area (Å²) in [6.07, 6.45) is -2.14. The molecule has 1 aromatic carbocycles. The number of hydrogen-bond acceptors (Lipinski definition) is 5. The quantitative estimate of drug-likeness (QED) is 0.481. The van der Waals surface area contributed by atoms with E-state index in [1.54, 1.807) is 0 Å². The molecule has 0 unspecified atom stereocenters. The first-order valence-corrected chi connectivity index (χ1v) is 6.24. The Morgan fingerprint density at radius 1 is 1.45 bits per heavy atom. The van der Waals surface area contributed by atoms with Crippen LogP contribution in [0.5, 0.6) is 0 Å². The van der Waals surface area contributed by atoms with Crippen LogP contribution >= 0.6 is 0 Å². The van der Waals surface area contributed by atoms with Crippen molar-refractivity contribution in [3.63, 3.8) is 0 Å². The fourth-order valence-electron chi connectivity index (χ4n) is 1.92. The molecular formula is C13H11F2N3O4. The Morgan fingerprint density at radius 2 is 2.14 bits per heavy atom. The van der Waals surface area contributed by atoms with Crippen LogP contribution < -0.4 is 0 Å². The molecule has 0 saturated carbocycles. The highest BCUT2D eigenvalue weighted by atomic mass is 19.3. The number of carbonyl (C=O) groups excluding carboxylic acids is 1. The van der Waals surface area contributed by atoms with Crippen LogP contribution in [0, 0.1) is 10.1 Å². The van der Waals surface area contributed by atoms with Crippen LogP contribution in [0.25, 0.3) is 5.69 Å².